The number of hydrogen-bond donors (Lipinski definition) is 1. The van der Waals surface area contributed by atoms with Crippen molar-refractivity contribution in [2.45, 2.75) is 6.54 Å². The van der Waals surface area contributed by atoms with Crippen molar-refractivity contribution < 1.29 is 4.74 Å². The van der Waals surface area contributed by atoms with E-state index >= 15 is 0 Å². The second-order valence-corrected chi connectivity index (χ2v) is 5.58. The molecular formula is C15H17IN2O. The SMILES string of the molecule is COc1cccc(CN(C)c2ccc(N)cc2I)c1. The molecule has 0 radical (unpaired) electrons. The van der Waals surface area contributed by atoms with Crippen LogP contribution in [0.3, 0.4) is 0 Å². The highest BCUT2D eigenvalue weighted by atomic mass is 127. The second kappa shape index (κ2) is 6.14. The first-order valence-corrected chi connectivity index (χ1v) is 7.07. The molecule has 0 saturated heterocycles. The Kier molecular flexibility index (Phi) is 4.52. The van der Waals surface area contributed by atoms with Gasteiger partial charge in [0.05, 0.1) is 12.8 Å². The maximum Gasteiger partial charge on any atom is 0.119 e. The van der Waals surface area contributed by atoms with Crippen LogP contribution in [0.2, 0.25) is 0 Å². The summed E-state index contributed by atoms with van der Waals surface area (Å²) in [6.45, 7) is 0.830. The Morgan fingerprint density at radius 1 is 1.21 bits per heavy atom. The van der Waals surface area contributed by atoms with Gasteiger partial charge in [0, 0.05) is 22.8 Å². The van der Waals surface area contributed by atoms with Gasteiger partial charge in [-0.25, -0.2) is 0 Å². The molecule has 0 aliphatic heterocycles. The van der Waals surface area contributed by atoms with E-state index in [1.807, 2.05) is 24.3 Å². The monoisotopic (exact) mass is 368 g/mol. The molecule has 3 nitrogen and oxygen atoms in total. The molecule has 0 heterocycles. The molecule has 4 heteroatoms. The van der Waals surface area contributed by atoms with Crippen LogP contribution in [0.15, 0.2) is 42.5 Å². The minimum atomic E-state index is 0.794. The van der Waals surface area contributed by atoms with Crippen LogP contribution < -0.4 is 15.4 Å². The van der Waals surface area contributed by atoms with Gasteiger partial charge in [0.1, 0.15) is 5.75 Å². The van der Waals surface area contributed by atoms with Crippen molar-refractivity contribution in [3.63, 3.8) is 0 Å². The lowest BCUT2D eigenvalue weighted by atomic mass is 10.2. The second-order valence-electron chi connectivity index (χ2n) is 4.42. The fraction of sp³-hybridized carbons (Fsp3) is 0.200. The van der Waals surface area contributed by atoms with E-state index in [1.54, 1.807) is 7.11 Å². The summed E-state index contributed by atoms with van der Waals surface area (Å²) in [7, 11) is 3.76. The molecule has 100 valence electrons. The quantitative estimate of drug-likeness (QED) is 0.663. The van der Waals surface area contributed by atoms with E-state index in [2.05, 4.69) is 52.7 Å². The molecule has 19 heavy (non-hydrogen) atoms. The standard InChI is InChI=1S/C15H17IN2O/c1-18(15-7-6-12(17)9-14(15)16)10-11-4-3-5-13(8-11)19-2/h3-9H,10,17H2,1-2H3. The average Bonchev–Trinajstić information content (AvgIpc) is 2.38. The zero-order valence-corrected chi connectivity index (χ0v) is 13.2. The van der Waals surface area contributed by atoms with Crippen LogP contribution >= 0.6 is 22.6 Å². The van der Waals surface area contributed by atoms with Crippen LogP contribution in [0.5, 0.6) is 5.75 Å². The molecule has 0 saturated carbocycles. The summed E-state index contributed by atoms with van der Waals surface area (Å²) in [4.78, 5) is 2.20. The number of benzene rings is 2. The summed E-state index contributed by atoms with van der Waals surface area (Å²) in [6, 6.07) is 14.1. The van der Waals surface area contributed by atoms with Gasteiger partial charge < -0.3 is 15.4 Å². The van der Waals surface area contributed by atoms with Crippen molar-refractivity contribution in [3.05, 3.63) is 51.6 Å². The molecule has 2 N–H and O–H groups in total. The van der Waals surface area contributed by atoms with E-state index in [9.17, 15) is 0 Å². The number of nitrogens with two attached hydrogens (primary N) is 1. The molecule has 0 aliphatic carbocycles. The summed E-state index contributed by atoms with van der Waals surface area (Å²) in [5, 5.41) is 0. The summed E-state index contributed by atoms with van der Waals surface area (Å²) in [6.07, 6.45) is 0. The first kappa shape index (κ1) is 14.0. The highest BCUT2D eigenvalue weighted by Gasteiger charge is 2.07. The third kappa shape index (κ3) is 3.53. The van der Waals surface area contributed by atoms with Gasteiger partial charge in [-0.3, -0.25) is 0 Å². The molecule has 2 rings (SSSR count). The molecule has 0 spiro atoms. The van der Waals surface area contributed by atoms with E-state index in [0.717, 1.165) is 21.6 Å². The first-order chi connectivity index (χ1) is 9.10. The van der Waals surface area contributed by atoms with Crippen LogP contribution in [0.25, 0.3) is 0 Å². The van der Waals surface area contributed by atoms with E-state index in [-0.39, 0.29) is 0 Å². The van der Waals surface area contributed by atoms with Crippen LogP contribution in [0.1, 0.15) is 5.56 Å². The third-order valence-corrected chi connectivity index (χ3v) is 3.80. The molecule has 0 aliphatic rings. The molecule has 0 amide bonds. The minimum absolute atomic E-state index is 0.794. The van der Waals surface area contributed by atoms with Gasteiger partial charge in [-0.1, -0.05) is 12.1 Å². The number of methoxy groups -OCH3 is 1. The molecule has 2 aromatic rings. The van der Waals surface area contributed by atoms with Gasteiger partial charge in [-0.15, -0.1) is 0 Å². The average molecular weight is 368 g/mol. The van der Waals surface area contributed by atoms with Crippen LogP contribution in [0, 0.1) is 3.57 Å². The van der Waals surface area contributed by atoms with E-state index in [4.69, 9.17) is 10.5 Å². The van der Waals surface area contributed by atoms with Crippen LogP contribution in [-0.4, -0.2) is 14.2 Å². The zero-order chi connectivity index (χ0) is 13.8. The number of anilines is 2. The fourth-order valence-electron chi connectivity index (χ4n) is 1.96. The van der Waals surface area contributed by atoms with E-state index in [0.29, 0.717) is 0 Å². The Labute approximate surface area is 127 Å². The normalized spacial score (nSPS) is 10.3. The minimum Gasteiger partial charge on any atom is -0.497 e. The van der Waals surface area contributed by atoms with Gasteiger partial charge in [-0.05, 0) is 58.5 Å². The number of rotatable bonds is 4. The van der Waals surface area contributed by atoms with Gasteiger partial charge >= 0.3 is 0 Å². The molecule has 0 fully saturated rings. The number of nitrogen functional groups attached to an aromatic ring is 1. The van der Waals surface area contributed by atoms with Crippen molar-refractivity contribution >= 4 is 34.0 Å². The Bertz CT molecular complexity index is 572. The van der Waals surface area contributed by atoms with E-state index < -0.39 is 0 Å². The summed E-state index contributed by atoms with van der Waals surface area (Å²) in [5.74, 6) is 0.887. The van der Waals surface area contributed by atoms with Crippen molar-refractivity contribution in [2.75, 3.05) is 24.8 Å². The number of nitrogens with zero attached hydrogens (tertiary/aromatic N) is 1. The number of hydrogen-bond acceptors (Lipinski definition) is 3. The topological polar surface area (TPSA) is 38.5 Å². The third-order valence-electron chi connectivity index (χ3n) is 2.94. The maximum absolute atomic E-state index is 5.78. The predicted octanol–water partition coefficient (Wildman–Crippen LogP) is 3.52. The Balaban J connectivity index is 2.17. The summed E-state index contributed by atoms with van der Waals surface area (Å²) >= 11 is 2.31. The largest absolute Gasteiger partial charge is 0.497 e. The molecule has 0 bridgehead atoms. The van der Waals surface area contributed by atoms with Gasteiger partial charge in [-0.2, -0.15) is 0 Å². The lowest BCUT2D eigenvalue weighted by molar-refractivity contribution is 0.414. The number of ether oxygens (including phenoxy) is 1. The first-order valence-electron chi connectivity index (χ1n) is 5.99. The highest BCUT2D eigenvalue weighted by molar-refractivity contribution is 14.1. The lowest BCUT2D eigenvalue weighted by Gasteiger charge is -2.21. The fourth-order valence-corrected chi connectivity index (χ4v) is 2.91. The Hall–Kier alpha value is -1.43. The molecular weight excluding hydrogens is 351 g/mol. The smallest absolute Gasteiger partial charge is 0.119 e. The molecule has 2 aromatic carbocycles. The maximum atomic E-state index is 5.78. The molecule has 0 aromatic heterocycles. The summed E-state index contributed by atoms with van der Waals surface area (Å²) in [5.41, 5.74) is 8.97. The summed E-state index contributed by atoms with van der Waals surface area (Å²) < 4.78 is 6.40. The Morgan fingerprint density at radius 3 is 2.68 bits per heavy atom. The van der Waals surface area contributed by atoms with Gasteiger partial charge in [0.2, 0.25) is 0 Å². The molecule has 0 atom stereocenters. The van der Waals surface area contributed by atoms with Crippen molar-refractivity contribution in [1.29, 1.82) is 0 Å². The van der Waals surface area contributed by atoms with Crippen molar-refractivity contribution in [3.8, 4) is 5.75 Å². The highest BCUT2D eigenvalue weighted by Crippen LogP contribution is 2.25. The van der Waals surface area contributed by atoms with Crippen LogP contribution in [0.4, 0.5) is 11.4 Å². The lowest BCUT2D eigenvalue weighted by Crippen LogP contribution is -2.17. The number of halogens is 1. The van der Waals surface area contributed by atoms with E-state index in [1.165, 1.54) is 11.3 Å². The van der Waals surface area contributed by atoms with Crippen molar-refractivity contribution in [2.24, 2.45) is 0 Å². The van der Waals surface area contributed by atoms with Crippen LogP contribution in [-0.2, 0) is 6.54 Å². The Morgan fingerprint density at radius 2 is 2.00 bits per heavy atom. The van der Waals surface area contributed by atoms with Gasteiger partial charge in [0.15, 0.2) is 0 Å². The van der Waals surface area contributed by atoms with Gasteiger partial charge in [0.25, 0.3) is 0 Å². The van der Waals surface area contributed by atoms with Crippen molar-refractivity contribution in [1.82, 2.24) is 0 Å². The zero-order valence-electron chi connectivity index (χ0n) is 11.1. The molecule has 0 unspecified atom stereocenters. The predicted molar refractivity (Wildman–Crippen MR) is 88.7 cm³/mol.